The van der Waals surface area contributed by atoms with Crippen molar-refractivity contribution in [1.82, 2.24) is 0 Å². The molecule has 3 nitrogen and oxygen atoms in total. The third-order valence-corrected chi connectivity index (χ3v) is 2.75. The second kappa shape index (κ2) is 6.05. The summed E-state index contributed by atoms with van der Waals surface area (Å²) >= 11 is 0. The van der Waals surface area contributed by atoms with Crippen LogP contribution >= 0.6 is 0 Å². The van der Waals surface area contributed by atoms with Crippen molar-refractivity contribution in [1.29, 1.82) is 0 Å². The Labute approximate surface area is 112 Å². The maximum atomic E-state index is 10.8. The van der Waals surface area contributed by atoms with Gasteiger partial charge in [-0.2, -0.15) is 0 Å². The molecule has 0 fully saturated rings. The van der Waals surface area contributed by atoms with Gasteiger partial charge in [-0.3, -0.25) is 4.79 Å². The summed E-state index contributed by atoms with van der Waals surface area (Å²) in [6.45, 7) is 2.38. The molecule has 0 heterocycles. The highest BCUT2D eigenvalue weighted by atomic mass is 16.5. The molecule has 0 aliphatic heterocycles. The average molecular weight is 256 g/mol. The number of hydrogen-bond acceptors (Lipinski definition) is 3. The normalized spacial score (nSPS) is 10.0. The Bertz CT molecular complexity index is 576. The lowest BCUT2D eigenvalue weighted by Crippen LogP contribution is -1.97. The van der Waals surface area contributed by atoms with E-state index >= 15 is 0 Å². The third kappa shape index (κ3) is 3.58. The summed E-state index contributed by atoms with van der Waals surface area (Å²) in [5.41, 5.74) is 2.65. The first-order valence-corrected chi connectivity index (χ1v) is 6.04. The number of rotatable bonds is 5. The summed E-state index contributed by atoms with van der Waals surface area (Å²) < 4.78 is 10.9. The van der Waals surface area contributed by atoms with Crippen molar-refractivity contribution in [2.45, 2.75) is 13.5 Å². The molecule has 0 aromatic heterocycles. The van der Waals surface area contributed by atoms with Crippen LogP contribution in [0.1, 0.15) is 21.5 Å². The van der Waals surface area contributed by atoms with Crippen LogP contribution in [0.4, 0.5) is 0 Å². The van der Waals surface area contributed by atoms with E-state index in [2.05, 4.69) is 0 Å². The van der Waals surface area contributed by atoms with Crippen molar-refractivity contribution >= 4 is 6.29 Å². The van der Waals surface area contributed by atoms with E-state index in [4.69, 9.17) is 9.47 Å². The van der Waals surface area contributed by atoms with Gasteiger partial charge in [-0.05, 0) is 48.4 Å². The van der Waals surface area contributed by atoms with Gasteiger partial charge in [0.1, 0.15) is 24.4 Å². The highest BCUT2D eigenvalue weighted by Crippen LogP contribution is 2.19. The predicted molar refractivity (Wildman–Crippen MR) is 73.9 cm³/mol. The second-order valence-corrected chi connectivity index (χ2v) is 4.34. The zero-order valence-corrected chi connectivity index (χ0v) is 11.1. The average Bonchev–Trinajstić information content (AvgIpc) is 2.44. The number of aldehydes is 1. The molecule has 98 valence electrons. The molecule has 0 atom stereocenters. The Hall–Kier alpha value is -2.29. The van der Waals surface area contributed by atoms with Crippen LogP contribution in [0.5, 0.6) is 11.5 Å². The van der Waals surface area contributed by atoms with Crippen LogP contribution in [0, 0.1) is 6.92 Å². The fourth-order valence-electron chi connectivity index (χ4n) is 1.86. The van der Waals surface area contributed by atoms with Crippen molar-refractivity contribution in [3.63, 3.8) is 0 Å². The molecule has 2 aromatic rings. The fraction of sp³-hybridized carbons (Fsp3) is 0.188. The summed E-state index contributed by atoms with van der Waals surface area (Å²) in [5.74, 6) is 1.50. The van der Waals surface area contributed by atoms with Gasteiger partial charge in [0.15, 0.2) is 0 Å². The van der Waals surface area contributed by atoms with E-state index in [-0.39, 0.29) is 0 Å². The number of carbonyl (C=O) groups excluding carboxylic acids is 1. The molecule has 0 unspecified atom stereocenters. The molecule has 0 aliphatic rings. The maximum Gasteiger partial charge on any atom is 0.150 e. The number of ether oxygens (including phenoxy) is 2. The lowest BCUT2D eigenvalue weighted by Gasteiger charge is -2.09. The van der Waals surface area contributed by atoms with Crippen LogP contribution < -0.4 is 9.47 Å². The standard InChI is InChI=1S/C16H16O3/c1-12-6-14(10-17)9-16(7-12)19-11-13-4-3-5-15(8-13)18-2/h3-10H,11H2,1-2H3. The number of carbonyl (C=O) groups is 1. The molecule has 0 aliphatic carbocycles. The van der Waals surface area contributed by atoms with Gasteiger partial charge in [-0.25, -0.2) is 0 Å². The van der Waals surface area contributed by atoms with Gasteiger partial charge in [-0.15, -0.1) is 0 Å². The van der Waals surface area contributed by atoms with Gasteiger partial charge < -0.3 is 9.47 Å². The van der Waals surface area contributed by atoms with Crippen molar-refractivity contribution in [3.8, 4) is 11.5 Å². The van der Waals surface area contributed by atoms with Gasteiger partial charge in [0.25, 0.3) is 0 Å². The topological polar surface area (TPSA) is 35.5 Å². The molecule has 0 spiro atoms. The molecule has 3 heteroatoms. The Morgan fingerprint density at radius 1 is 1.11 bits per heavy atom. The van der Waals surface area contributed by atoms with Crippen molar-refractivity contribution in [3.05, 3.63) is 59.2 Å². The second-order valence-electron chi connectivity index (χ2n) is 4.34. The number of benzene rings is 2. The Balaban J connectivity index is 2.09. The largest absolute Gasteiger partial charge is 0.497 e. The number of hydrogen-bond donors (Lipinski definition) is 0. The summed E-state index contributed by atoms with van der Waals surface area (Å²) in [7, 11) is 1.64. The monoisotopic (exact) mass is 256 g/mol. The predicted octanol–water partition coefficient (Wildman–Crippen LogP) is 3.40. The lowest BCUT2D eigenvalue weighted by atomic mass is 10.1. The Morgan fingerprint density at radius 3 is 2.68 bits per heavy atom. The van der Waals surface area contributed by atoms with Crippen LogP contribution in [-0.4, -0.2) is 13.4 Å². The Morgan fingerprint density at radius 2 is 1.95 bits per heavy atom. The molecule has 2 rings (SSSR count). The van der Waals surface area contributed by atoms with Crippen LogP contribution in [-0.2, 0) is 6.61 Å². The molecule has 0 saturated carbocycles. The minimum absolute atomic E-state index is 0.443. The first-order chi connectivity index (χ1) is 9.21. The lowest BCUT2D eigenvalue weighted by molar-refractivity contribution is 0.112. The summed E-state index contributed by atoms with van der Waals surface area (Å²) in [6.07, 6.45) is 0.825. The molecule has 2 aromatic carbocycles. The highest BCUT2D eigenvalue weighted by Gasteiger charge is 2.01. The fourth-order valence-corrected chi connectivity index (χ4v) is 1.86. The molecule has 0 N–H and O–H groups in total. The zero-order valence-electron chi connectivity index (χ0n) is 11.1. The number of methoxy groups -OCH3 is 1. The first kappa shape index (κ1) is 13.1. The van der Waals surface area contributed by atoms with Gasteiger partial charge in [0.2, 0.25) is 0 Å². The van der Waals surface area contributed by atoms with E-state index < -0.39 is 0 Å². The van der Waals surface area contributed by atoms with Crippen LogP contribution in [0.3, 0.4) is 0 Å². The summed E-state index contributed by atoms with van der Waals surface area (Å²) in [6, 6.07) is 13.2. The number of aryl methyl sites for hydroxylation is 1. The molecular weight excluding hydrogens is 240 g/mol. The summed E-state index contributed by atoms with van der Waals surface area (Å²) in [5, 5.41) is 0. The summed E-state index contributed by atoms with van der Waals surface area (Å²) in [4.78, 5) is 10.8. The molecular formula is C16H16O3. The van der Waals surface area contributed by atoms with Gasteiger partial charge >= 0.3 is 0 Å². The minimum atomic E-state index is 0.443. The van der Waals surface area contributed by atoms with Crippen LogP contribution in [0.25, 0.3) is 0 Å². The molecule has 0 bridgehead atoms. The molecule has 0 saturated heterocycles. The van der Waals surface area contributed by atoms with Crippen molar-refractivity contribution in [2.24, 2.45) is 0 Å². The van der Waals surface area contributed by atoms with E-state index in [1.807, 2.05) is 43.3 Å². The first-order valence-electron chi connectivity index (χ1n) is 6.04. The smallest absolute Gasteiger partial charge is 0.150 e. The van der Waals surface area contributed by atoms with Gasteiger partial charge in [0.05, 0.1) is 7.11 Å². The Kier molecular flexibility index (Phi) is 4.18. The van der Waals surface area contributed by atoms with E-state index in [1.165, 1.54) is 0 Å². The molecule has 0 radical (unpaired) electrons. The van der Waals surface area contributed by atoms with Crippen LogP contribution in [0.15, 0.2) is 42.5 Å². The minimum Gasteiger partial charge on any atom is -0.497 e. The highest BCUT2D eigenvalue weighted by molar-refractivity contribution is 5.76. The van der Waals surface area contributed by atoms with Crippen molar-refractivity contribution in [2.75, 3.05) is 7.11 Å². The van der Waals surface area contributed by atoms with Gasteiger partial charge in [0, 0.05) is 5.56 Å². The quantitative estimate of drug-likeness (QED) is 0.769. The van der Waals surface area contributed by atoms with E-state index in [9.17, 15) is 4.79 Å². The van der Waals surface area contributed by atoms with Crippen LogP contribution in [0.2, 0.25) is 0 Å². The maximum absolute atomic E-state index is 10.8. The zero-order chi connectivity index (χ0) is 13.7. The van der Waals surface area contributed by atoms with Gasteiger partial charge in [-0.1, -0.05) is 12.1 Å². The SMILES string of the molecule is COc1cccc(COc2cc(C)cc(C=O)c2)c1. The third-order valence-electron chi connectivity index (χ3n) is 2.75. The van der Waals surface area contributed by atoms with E-state index in [0.717, 1.165) is 23.2 Å². The van der Waals surface area contributed by atoms with E-state index in [0.29, 0.717) is 17.9 Å². The molecule has 19 heavy (non-hydrogen) atoms. The van der Waals surface area contributed by atoms with Crippen molar-refractivity contribution < 1.29 is 14.3 Å². The van der Waals surface area contributed by atoms with E-state index in [1.54, 1.807) is 13.2 Å². The molecule has 0 amide bonds.